The Labute approximate surface area is 124 Å². The van der Waals surface area contributed by atoms with Crippen molar-refractivity contribution in [3.05, 3.63) is 24.3 Å². The Balaban J connectivity index is 2.52. The van der Waals surface area contributed by atoms with Crippen LogP contribution in [0, 0.1) is 0 Å². The normalized spacial score (nSPS) is 12.2. The third kappa shape index (κ3) is 6.33. The molecule has 0 spiro atoms. The quantitative estimate of drug-likeness (QED) is 0.873. The molecule has 1 atom stereocenters. The summed E-state index contributed by atoms with van der Waals surface area (Å²) in [6, 6.07) is 5.90. The van der Waals surface area contributed by atoms with Crippen LogP contribution < -0.4 is 15.4 Å². The van der Waals surface area contributed by atoms with Crippen LogP contribution in [0.25, 0.3) is 0 Å². The zero-order chi connectivity index (χ0) is 16.8. The second-order valence-electron chi connectivity index (χ2n) is 4.23. The number of hydrogen-bond acceptors (Lipinski definition) is 4. The van der Waals surface area contributed by atoms with Crippen LogP contribution in [-0.2, 0) is 9.53 Å². The van der Waals surface area contributed by atoms with Crippen molar-refractivity contribution in [1.29, 1.82) is 0 Å². The number of carbonyl (C=O) groups is 2. The number of halogens is 3. The minimum atomic E-state index is -4.48. The van der Waals surface area contributed by atoms with Gasteiger partial charge in [0.25, 0.3) is 5.91 Å². The van der Waals surface area contributed by atoms with E-state index < -0.39 is 30.8 Å². The van der Waals surface area contributed by atoms with Gasteiger partial charge in [-0.15, -0.1) is 0 Å². The van der Waals surface area contributed by atoms with Crippen molar-refractivity contribution in [1.82, 2.24) is 5.32 Å². The second kappa shape index (κ2) is 7.53. The van der Waals surface area contributed by atoms with Crippen molar-refractivity contribution < 1.29 is 32.2 Å². The van der Waals surface area contributed by atoms with E-state index in [-0.39, 0.29) is 5.75 Å². The van der Waals surface area contributed by atoms with E-state index in [0.717, 1.165) is 0 Å². The molecule has 0 saturated heterocycles. The molecule has 122 valence electrons. The lowest BCUT2D eigenvalue weighted by atomic mass is 10.3. The zero-order valence-corrected chi connectivity index (χ0v) is 11.9. The fourth-order valence-corrected chi connectivity index (χ4v) is 1.37. The van der Waals surface area contributed by atoms with Gasteiger partial charge < -0.3 is 14.8 Å². The molecule has 2 amide bonds. The van der Waals surface area contributed by atoms with Gasteiger partial charge in [-0.3, -0.25) is 10.1 Å². The first-order valence-electron chi connectivity index (χ1n) is 6.17. The molecule has 0 fully saturated rings. The summed E-state index contributed by atoms with van der Waals surface area (Å²) in [6.07, 6.45) is -6.22. The number of methoxy groups -OCH3 is 1. The third-order valence-corrected chi connectivity index (χ3v) is 2.43. The van der Waals surface area contributed by atoms with Gasteiger partial charge in [0.2, 0.25) is 0 Å². The Morgan fingerprint density at radius 2 is 1.82 bits per heavy atom. The Morgan fingerprint density at radius 1 is 1.23 bits per heavy atom. The highest BCUT2D eigenvalue weighted by molar-refractivity contribution is 5.84. The molecule has 1 rings (SSSR count). The van der Waals surface area contributed by atoms with Gasteiger partial charge in [0.15, 0.2) is 6.10 Å². The maximum Gasteiger partial charge on any atom is 0.411 e. The first-order chi connectivity index (χ1) is 10.2. The lowest BCUT2D eigenvalue weighted by molar-refractivity contribution is -0.142. The number of hydrogen-bond donors (Lipinski definition) is 2. The van der Waals surface area contributed by atoms with Crippen molar-refractivity contribution in [3.63, 3.8) is 0 Å². The molecule has 0 saturated carbocycles. The van der Waals surface area contributed by atoms with E-state index in [1.54, 1.807) is 5.32 Å². The van der Waals surface area contributed by atoms with Gasteiger partial charge in [0.05, 0.1) is 7.11 Å². The minimum Gasteiger partial charge on any atom is -0.481 e. The van der Waals surface area contributed by atoms with Gasteiger partial charge in [-0.2, -0.15) is 13.2 Å². The number of nitrogens with one attached hydrogen (secondary N) is 2. The van der Waals surface area contributed by atoms with Gasteiger partial charge in [-0.25, -0.2) is 4.79 Å². The van der Waals surface area contributed by atoms with Crippen LogP contribution in [0.3, 0.4) is 0 Å². The van der Waals surface area contributed by atoms with E-state index in [0.29, 0.717) is 5.69 Å². The van der Waals surface area contributed by atoms with E-state index >= 15 is 0 Å². The van der Waals surface area contributed by atoms with Gasteiger partial charge in [-0.05, 0) is 31.2 Å². The van der Waals surface area contributed by atoms with Crippen molar-refractivity contribution in [3.8, 4) is 5.75 Å². The van der Waals surface area contributed by atoms with Crippen molar-refractivity contribution >= 4 is 17.7 Å². The van der Waals surface area contributed by atoms with Crippen molar-refractivity contribution in [2.24, 2.45) is 0 Å². The number of benzene rings is 1. The van der Waals surface area contributed by atoms with Gasteiger partial charge in [0, 0.05) is 5.69 Å². The number of rotatable bonds is 5. The SMILES string of the molecule is COC(=O)Nc1ccc(OC(C)C(=O)NCC(F)(F)F)cc1. The van der Waals surface area contributed by atoms with Crippen molar-refractivity contribution in [2.75, 3.05) is 19.0 Å². The molecular formula is C13H15F3N2O4. The van der Waals surface area contributed by atoms with Crippen LogP contribution in [0.4, 0.5) is 23.7 Å². The maximum absolute atomic E-state index is 12.0. The van der Waals surface area contributed by atoms with Crippen LogP contribution in [0.5, 0.6) is 5.75 Å². The topological polar surface area (TPSA) is 76.7 Å². The summed E-state index contributed by atoms with van der Waals surface area (Å²) in [5, 5.41) is 4.14. The summed E-state index contributed by atoms with van der Waals surface area (Å²) < 4.78 is 45.6. The van der Waals surface area contributed by atoms with E-state index in [1.807, 2.05) is 0 Å². The lowest BCUT2D eigenvalue weighted by Gasteiger charge is -2.15. The average molecular weight is 320 g/mol. The molecule has 22 heavy (non-hydrogen) atoms. The highest BCUT2D eigenvalue weighted by Crippen LogP contribution is 2.17. The lowest BCUT2D eigenvalue weighted by Crippen LogP contribution is -2.41. The Kier molecular flexibility index (Phi) is 6.02. The summed E-state index contributed by atoms with van der Waals surface area (Å²) in [4.78, 5) is 22.4. The Morgan fingerprint density at radius 3 is 2.32 bits per heavy atom. The predicted octanol–water partition coefficient (Wildman–Crippen LogP) is 2.31. The van der Waals surface area contributed by atoms with Gasteiger partial charge in [-0.1, -0.05) is 0 Å². The molecule has 0 bridgehead atoms. The highest BCUT2D eigenvalue weighted by Gasteiger charge is 2.29. The number of anilines is 1. The maximum atomic E-state index is 12.0. The van der Waals surface area contributed by atoms with E-state index in [2.05, 4.69) is 10.1 Å². The molecular weight excluding hydrogens is 305 g/mol. The first-order valence-corrected chi connectivity index (χ1v) is 6.17. The second-order valence-corrected chi connectivity index (χ2v) is 4.23. The van der Waals surface area contributed by atoms with Crippen LogP contribution in [0.15, 0.2) is 24.3 Å². The van der Waals surface area contributed by atoms with Gasteiger partial charge >= 0.3 is 12.3 Å². The van der Waals surface area contributed by atoms with Crippen LogP contribution in [0.1, 0.15) is 6.92 Å². The van der Waals surface area contributed by atoms with Crippen molar-refractivity contribution in [2.45, 2.75) is 19.2 Å². The summed E-state index contributed by atoms with van der Waals surface area (Å²) in [5.41, 5.74) is 0.438. The molecule has 0 aromatic heterocycles. The van der Waals surface area contributed by atoms with Crippen LogP contribution in [-0.4, -0.2) is 37.9 Å². The smallest absolute Gasteiger partial charge is 0.411 e. The molecule has 0 heterocycles. The van der Waals surface area contributed by atoms with E-state index in [4.69, 9.17) is 4.74 Å². The molecule has 2 N–H and O–H groups in total. The molecule has 1 aromatic rings. The molecule has 0 aliphatic carbocycles. The summed E-state index contributed by atoms with van der Waals surface area (Å²) in [5.74, 6) is -0.612. The Bertz CT molecular complexity index is 517. The summed E-state index contributed by atoms with van der Waals surface area (Å²) in [7, 11) is 1.22. The number of ether oxygens (including phenoxy) is 2. The van der Waals surface area contributed by atoms with E-state index in [1.165, 1.54) is 38.3 Å². The predicted molar refractivity (Wildman–Crippen MR) is 71.6 cm³/mol. The number of amides is 2. The molecule has 6 nitrogen and oxygen atoms in total. The summed E-state index contributed by atoms with van der Waals surface area (Å²) >= 11 is 0. The zero-order valence-electron chi connectivity index (χ0n) is 11.9. The number of carbonyl (C=O) groups excluding carboxylic acids is 2. The minimum absolute atomic E-state index is 0.269. The summed E-state index contributed by atoms with van der Waals surface area (Å²) in [6.45, 7) is -0.0894. The van der Waals surface area contributed by atoms with Gasteiger partial charge in [0.1, 0.15) is 12.3 Å². The third-order valence-electron chi connectivity index (χ3n) is 2.43. The van der Waals surface area contributed by atoms with Crippen LogP contribution in [0.2, 0.25) is 0 Å². The monoisotopic (exact) mass is 320 g/mol. The fraction of sp³-hybridized carbons (Fsp3) is 0.385. The molecule has 0 aliphatic rings. The average Bonchev–Trinajstić information content (AvgIpc) is 2.45. The molecule has 1 unspecified atom stereocenters. The molecule has 0 radical (unpaired) electrons. The largest absolute Gasteiger partial charge is 0.481 e. The molecule has 9 heteroatoms. The molecule has 0 aliphatic heterocycles. The Hall–Kier alpha value is -2.45. The van der Waals surface area contributed by atoms with E-state index in [9.17, 15) is 22.8 Å². The van der Waals surface area contributed by atoms with Crippen LogP contribution >= 0.6 is 0 Å². The first kappa shape index (κ1) is 17.6. The number of alkyl halides is 3. The highest BCUT2D eigenvalue weighted by atomic mass is 19.4. The standard InChI is InChI=1S/C13H15F3N2O4/c1-8(11(19)17-7-13(14,15)16)22-10-5-3-9(4-6-10)18-12(20)21-2/h3-6,8H,7H2,1-2H3,(H,17,19)(H,18,20). The molecule has 1 aromatic carbocycles. The fourth-order valence-electron chi connectivity index (χ4n) is 1.37.